The summed E-state index contributed by atoms with van der Waals surface area (Å²) in [4.78, 5) is 12.8. The van der Waals surface area contributed by atoms with Crippen LogP contribution in [0.4, 0.5) is 13.2 Å². The lowest BCUT2D eigenvalue weighted by Gasteiger charge is -2.17. The SMILES string of the molecule is CCN(C)C(=O)COc1ccc(C#N)cc1C(F)(F)F. The Morgan fingerprint density at radius 2 is 2.10 bits per heavy atom. The van der Waals surface area contributed by atoms with Gasteiger partial charge in [-0.3, -0.25) is 4.79 Å². The van der Waals surface area contributed by atoms with E-state index in [1.165, 1.54) is 18.0 Å². The van der Waals surface area contributed by atoms with E-state index in [2.05, 4.69) is 0 Å². The third kappa shape index (κ3) is 3.88. The lowest BCUT2D eigenvalue weighted by atomic mass is 10.1. The van der Waals surface area contributed by atoms with Gasteiger partial charge >= 0.3 is 6.18 Å². The summed E-state index contributed by atoms with van der Waals surface area (Å²) >= 11 is 0. The van der Waals surface area contributed by atoms with E-state index in [9.17, 15) is 18.0 Å². The van der Waals surface area contributed by atoms with Crippen molar-refractivity contribution in [2.45, 2.75) is 13.1 Å². The van der Waals surface area contributed by atoms with Crippen LogP contribution in [-0.4, -0.2) is 31.0 Å². The van der Waals surface area contributed by atoms with E-state index in [0.29, 0.717) is 12.6 Å². The fourth-order valence-electron chi connectivity index (χ4n) is 1.37. The van der Waals surface area contributed by atoms with E-state index in [1.54, 1.807) is 13.0 Å². The lowest BCUT2D eigenvalue weighted by Crippen LogP contribution is -2.31. The first-order valence-corrected chi connectivity index (χ1v) is 5.77. The van der Waals surface area contributed by atoms with E-state index in [1.807, 2.05) is 0 Å². The molecule has 0 N–H and O–H groups in total. The van der Waals surface area contributed by atoms with E-state index in [-0.39, 0.29) is 5.56 Å². The number of halogens is 3. The van der Waals surface area contributed by atoms with Gasteiger partial charge in [-0.1, -0.05) is 0 Å². The summed E-state index contributed by atoms with van der Waals surface area (Å²) in [6, 6.07) is 4.58. The van der Waals surface area contributed by atoms with Crippen molar-refractivity contribution in [1.29, 1.82) is 5.26 Å². The minimum Gasteiger partial charge on any atom is -0.483 e. The Balaban J connectivity index is 2.96. The van der Waals surface area contributed by atoms with Gasteiger partial charge in [-0.15, -0.1) is 0 Å². The maximum atomic E-state index is 12.8. The largest absolute Gasteiger partial charge is 0.483 e. The highest BCUT2D eigenvalue weighted by Crippen LogP contribution is 2.36. The van der Waals surface area contributed by atoms with Crippen LogP contribution in [0.2, 0.25) is 0 Å². The molecule has 0 saturated heterocycles. The second kappa shape index (κ2) is 6.28. The number of carbonyl (C=O) groups excluding carboxylic acids is 1. The van der Waals surface area contributed by atoms with Crippen LogP contribution in [0, 0.1) is 11.3 Å². The number of alkyl halides is 3. The molecule has 1 aromatic carbocycles. The fraction of sp³-hybridized carbons (Fsp3) is 0.385. The van der Waals surface area contributed by atoms with E-state index in [0.717, 1.165) is 6.07 Å². The maximum Gasteiger partial charge on any atom is 0.420 e. The van der Waals surface area contributed by atoms with E-state index in [4.69, 9.17) is 10.00 Å². The van der Waals surface area contributed by atoms with Crippen LogP contribution < -0.4 is 4.74 Å². The molecule has 1 aromatic rings. The number of hydrogen-bond acceptors (Lipinski definition) is 3. The number of hydrogen-bond donors (Lipinski definition) is 0. The van der Waals surface area contributed by atoms with Gasteiger partial charge in [0.25, 0.3) is 5.91 Å². The van der Waals surface area contributed by atoms with Gasteiger partial charge in [0.1, 0.15) is 5.75 Å². The molecule has 0 heterocycles. The Kier molecular flexibility index (Phi) is 4.97. The molecule has 1 amide bonds. The van der Waals surface area contributed by atoms with Gasteiger partial charge < -0.3 is 9.64 Å². The second-order valence-corrected chi connectivity index (χ2v) is 4.02. The average Bonchev–Trinajstić information content (AvgIpc) is 2.42. The van der Waals surface area contributed by atoms with Crippen molar-refractivity contribution < 1.29 is 22.7 Å². The highest BCUT2D eigenvalue weighted by atomic mass is 19.4. The van der Waals surface area contributed by atoms with E-state index < -0.39 is 30.0 Å². The van der Waals surface area contributed by atoms with Crippen molar-refractivity contribution in [1.82, 2.24) is 4.90 Å². The molecular formula is C13H13F3N2O2. The smallest absolute Gasteiger partial charge is 0.420 e. The minimum atomic E-state index is -4.65. The summed E-state index contributed by atoms with van der Waals surface area (Å²) in [5.41, 5.74) is -1.19. The number of carbonyl (C=O) groups is 1. The molecule has 0 unspecified atom stereocenters. The Labute approximate surface area is 114 Å². The quantitative estimate of drug-likeness (QED) is 0.854. The number of benzene rings is 1. The molecule has 0 atom stereocenters. The highest BCUT2D eigenvalue weighted by molar-refractivity contribution is 5.77. The molecule has 108 valence electrons. The van der Waals surface area contributed by atoms with Crippen LogP contribution in [0.15, 0.2) is 18.2 Å². The monoisotopic (exact) mass is 286 g/mol. The van der Waals surface area contributed by atoms with Gasteiger partial charge in [0.15, 0.2) is 6.61 Å². The molecule has 0 aliphatic rings. The number of rotatable bonds is 4. The predicted molar refractivity (Wildman–Crippen MR) is 65.0 cm³/mol. The van der Waals surface area contributed by atoms with Crippen molar-refractivity contribution >= 4 is 5.91 Å². The molecule has 4 nitrogen and oxygen atoms in total. The molecule has 0 aliphatic heterocycles. The number of nitrogens with zero attached hydrogens (tertiary/aromatic N) is 2. The molecule has 0 bridgehead atoms. The maximum absolute atomic E-state index is 12.8. The molecule has 0 fully saturated rings. The lowest BCUT2D eigenvalue weighted by molar-refractivity contribution is -0.140. The molecule has 0 aromatic heterocycles. The zero-order valence-electron chi connectivity index (χ0n) is 11.0. The van der Waals surface area contributed by atoms with Crippen molar-refractivity contribution in [3.8, 4) is 11.8 Å². The molecule has 0 radical (unpaired) electrons. The highest BCUT2D eigenvalue weighted by Gasteiger charge is 2.35. The van der Waals surface area contributed by atoms with Gasteiger partial charge in [-0.25, -0.2) is 0 Å². The van der Waals surface area contributed by atoms with Gasteiger partial charge in [0, 0.05) is 13.6 Å². The first-order chi connectivity index (χ1) is 9.29. The van der Waals surface area contributed by atoms with Crippen LogP contribution in [0.25, 0.3) is 0 Å². The summed E-state index contributed by atoms with van der Waals surface area (Å²) < 4.78 is 43.4. The molecule has 20 heavy (non-hydrogen) atoms. The molecule has 0 spiro atoms. The average molecular weight is 286 g/mol. The first kappa shape index (κ1) is 15.8. The summed E-state index contributed by atoms with van der Waals surface area (Å²) in [5, 5.41) is 8.62. The normalized spacial score (nSPS) is 10.8. The summed E-state index contributed by atoms with van der Waals surface area (Å²) in [6.45, 7) is 1.68. The molecule has 1 rings (SSSR count). The predicted octanol–water partition coefficient (Wildman–Crippen LogP) is 2.43. The van der Waals surface area contributed by atoms with Crippen LogP contribution in [0.1, 0.15) is 18.1 Å². The van der Waals surface area contributed by atoms with Gasteiger partial charge in [-0.2, -0.15) is 18.4 Å². The van der Waals surface area contributed by atoms with Crippen LogP contribution in [0.3, 0.4) is 0 Å². The van der Waals surface area contributed by atoms with Crippen LogP contribution in [-0.2, 0) is 11.0 Å². The second-order valence-electron chi connectivity index (χ2n) is 4.02. The molecule has 0 aliphatic carbocycles. The Hall–Kier alpha value is -2.23. The first-order valence-electron chi connectivity index (χ1n) is 5.77. The van der Waals surface area contributed by atoms with Crippen molar-refractivity contribution in [3.05, 3.63) is 29.3 Å². The zero-order valence-corrected chi connectivity index (χ0v) is 11.0. The number of likely N-dealkylation sites (N-methyl/N-ethyl adjacent to an activating group) is 1. The third-order valence-corrected chi connectivity index (χ3v) is 2.67. The van der Waals surface area contributed by atoms with E-state index >= 15 is 0 Å². The number of nitriles is 1. The zero-order chi connectivity index (χ0) is 15.3. The Morgan fingerprint density at radius 3 is 2.60 bits per heavy atom. The summed E-state index contributed by atoms with van der Waals surface area (Å²) in [6.07, 6.45) is -4.65. The summed E-state index contributed by atoms with van der Waals surface area (Å²) in [7, 11) is 1.52. The van der Waals surface area contributed by atoms with Crippen molar-refractivity contribution in [2.75, 3.05) is 20.2 Å². The summed E-state index contributed by atoms with van der Waals surface area (Å²) in [5.74, 6) is -0.890. The number of ether oxygens (including phenoxy) is 1. The molecular weight excluding hydrogens is 273 g/mol. The number of amides is 1. The third-order valence-electron chi connectivity index (χ3n) is 2.67. The van der Waals surface area contributed by atoms with Crippen molar-refractivity contribution in [2.24, 2.45) is 0 Å². The van der Waals surface area contributed by atoms with Gasteiger partial charge in [0.2, 0.25) is 0 Å². The van der Waals surface area contributed by atoms with Crippen molar-refractivity contribution in [3.63, 3.8) is 0 Å². The Bertz CT molecular complexity index is 535. The minimum absolute atomic E-state index is 0.123. The van der Waals surface area contributed by atoms with Crippen LogP contribution in [0.5, 0.6) is 5.75 Å². The molecule has 0 saturated carbocycles. The Morgan fingerprint density at radius 1 is 1.45 bits per heavy atom. The van der Waals surface area contributed by atoms with Gasteiger partial charge in [-0.05, 0) is 25.1 Å². The topological polar surface area (TPSA) is 53.3 Å². The van der Waals surface area contributed by atoms with Crippen LogP contribution >= 0.6 is 0 Å². The molecule has 7 heteroatoms. The van der Waals surface area contributed by atoms with Gasteiger partial charge in [0.05, 0.1) is 17.2 Å². The standard InChI is InChI=1S/C13H13F3N2O2/c1-3-18(2)12(19)8-20-11-5-4-9(7-17)6-10(11)13(14,15)16/h4-6H,3,8H2,1-2H3. The fourth-order valence-corrected chi connectivity index (χ4v) is 1.37.